The predicted molar refractivity (Wildman–Crippen MR) is 108 cm³/mol. The molecule has 0 saturated carbocycles. The van der Waals surface area contributed by atoms with E-state index in [1.54, 1.807) is 54.6 Å². The summed E-state index contributed by atoms with van der Waals surface area (Å²) in [6.07, 6.45) is 0. The van der Waals surface area contributed by atoms with Crippen molar-refractivity contribution in [1.82, 2.24) is 0 Å². The van der Waals surface area contributed by atoms with Gasteiger partial charge < -0.3 is 0 Å². The number of rotatable bonds is 4. The van der Waals surface area contributed by atoms with Crippen molar-refractivity contribution in [2.75, 3.05) is 11.4 Å². The number of sulfonamides is 1. The zero-order valence-corrected chi connectivity index (χ0v) is 16.6. The summed E-state index contributed by atoms with van der Waals surface area (Å²) in [5.74, 6) is -0.606. The Balaban J connectivity index is 2.04. The Morgan fingerprint density at radius 2 is 1.64 bits per heavy atom. The third-order valence-corrected chi connectivity index (χ3v) is 6.46. The van der Waals surface area contributed by atoms with Gasteiger partial charge in [-0.2, -0.15) is 5.26 Å². The molecular formula is C22H19FN2O2S. The zero-order chi connectivity index (χ0) is 20.5. The first-order valence-corrected chi connectivity index (χ1v) is 10.0. The maximum absolute atomic E-state index is 14.0. The monoisotopic (exact) mass is 394 g/mol. The lowest BCUT2D eigenvalue weighted by Crippen LogP contribution is -2.26. The molecule has 0 aliphatic heterocycles. The SMILES string of the molecule is Cc1ccc(S(=O)(=O)N(C)c2ccc(C)c(-c3ccc(C#N)c(F)c3)c2)cc1. The highest BCUT2D eigenvalue weighted by molar-refractivity contribution is 7.92. The lowest BCUT2D eigenvalue weighted by Gasteiger charge is -2.21. The fourth-order valence-electron chi connectivity index (χ4n) is 2.90. The van der Waals surface area contributed by atoms with Crippen LogP contribution in [0.25, 0.3) is 11.1 Å². The normalized spacial score (nSPS) is 11.1. The van der Waals surface area contributed by atoms with Crippen molar-refractivity contribution in [1.29, 1.82) is 5.26 Å². The van der Waals surface area contributed by atoms with Gasteiger partial charge in [0.2, 0.25) is 0 Å². The van der Waals surface area contributed by atoms with E-state index < -0.39 is 15.8 Å². The van der Waals surface area contributed by atoms with E-state index in [1.807, 2.05) is 13.8 Å². The van der Waals surface area contributed by atoms with E-state index in [4.69, 9.17) is 5.26 Å². The molecule has 0 aromatic heterocycles. The number of hydrogen-bond donors (Lipinski definition) is 0. The number of aryl methyl sites for hydroxylation is 2. The van der Waals surface area contributed by atoms with Gasteiger partial charge in [0.1, 0.15) is 11.9 Å². The lowest BCUT2D eigenvalue weighted by atomic mass is 9.98. The number of nitriles is 1. The van der Waals surface area contributed by atoms with Gasteiger partial charge in [-0.05, 0) is 66.9 Å². The summed E-state index contributed by atoms with van der Waals surface area (Å²) in [6.45, 7) is 3.76. The van der Waals surface area contributed by atoms with Gasteiger partial charge in [0.15, 0.2) is 0 Å². The molecule has 6 heteroatoms. The molecule has 0 amide bonds. The van der Waals surface area contributed by atoms with Crippen LogP contribution in [0.2, 0.25) is 0 Å². The van der Waals surface area contributed by atoms with Crippen LogP contribution in [0.5, 0.6) is 0 Å². The average Bonchev–Trinajstić information content (AvgIpc) is 2.68. The maximum atomic E-state index is 14.0. The number of anilines is 1. The standard InChI is InChI=1S/C22H19FN2O2S/c1-15-4-10-20(11-5-15)28(26,27)25(3)19-9-6-16(2)21(13-19)17-7-8-18(14-24)22(23)12-17/h4-13H,1-3H3. The first kappa shape index (κ1) is 19.6. The van der Waals surface area contributed by atoms with E-state index in [-0.39, 0.29) is 10.5 Å². The van der Waals surface area contributed by atoms with Gasteiger partial charge in [0, 0.05) is 7.05 Å². The third kappa shape index (κ3) is 3.62. The van der Waals surface area contributed by atoms with E-state index in [1.165, 1.54) is 23.5 Å². The smallest absolute Gasteiger partial charge is 0.264 e. The minimum Gasteiger partial charge on any atom is -0.269 e. The molecule has 0 spiro atoms. The second kappa shape index (κ2) is 7.45. The molecule has 0 unspecified atom stereocenters. The van der Waals surface area contributed by atoms with Gasteiger partial charge in [0.05, 0.1) is 16.1 Å². The molecule has 0 fully saturated rings. The topological polar surface area (TPSA) is 61.2 Å². The van der Waals surface area contributed by atoms with Gasteiger partial charge >= 0.3 is 0 Å². The van der Waals surface area contributed by atoms with Crippen molar-refractivity contribution in [2.45, 2.75) is 18.7 Å². The highest BCUT2D eigenvalue weighted by Crippen LogP contribution is 2.31. The second-order valence-corrected chi connectivity index (χ2v) is 8.56. The van der Waals surface area contributed by atoms with Crippen LogP contribution in [-0.4, -0.2) is 15.5 Å². The van der Waals surface area contributed by atoms with Crippen LogP contribution in [0, 0.1) is 31.0 Å². The van der Waals surface area contributed by atoms with E-state index in [0.29, 0.717) is 16.8 Å². The fourth-order valence-corrected chi connectivity index (χ4v) is 4.08. The van der Waals surface area contributed by atoms with E-state index in [2.05, 4.69) is 0 Å². The maximum Gasteiger partial charge on any atom is 0.264 e. The number of hydrogen-bond acceptors (Lipinski definition) is 3. The molecule has 0 saturated heterocycles. The molecule has 0 N–H and O–H groups in total. The predicted octanol–water partition coefficient (Wildman–Crippen LogP) is 4.81. The molecule has 3 rings (SSSR count). The van der Waals surface area contributed by atoms with Crippen molar-refractivity contribution >= 4 is 15.7 Å². The molecule has 4 nitrogen and oxygen atoms in total. The van der Waals surface area contributed by atoms with Crippen molar-refractivity contribution < 1.29 is 12.8 Å². The highest BCUT2D eigenvalue weighted by Gasteiger charge is 2.22. The Morgan fingerprint density at radius 1 is 0.964 bits per heavy atom. The Hall–Kier alpha value is -3.17. The van der Waals surface area contributed by atoms with Gasteiger partial charge in [-0.25, -0.2) is 12.8 Å². The number of nitrogens with zero attached hydrogens (tertiary/aromatic N) is 2. The first-order valence-electron chi connectivity index (χ1n) is 8.60. The number of halogens is 1. The molecule has 0 heterocycles. The van der Waals surface area contributed by atoms with Crippen molar-refractivity contribution in [3.63, 3.8) is 0 Å². The molecule has 0 aliphatic rings. The minimum absolute atomic E-state index is 0.0309. The molecule has 0 aliphatic carbocycles. The first-order chi connectivity index (χ1) is 13.2. The highest BCUT2D eigenvalue weighted by atomic mass is 32.2. The Bertz CT molecular complexity index is 1180. The second-order valence-electron chi connectivity index (χ2n) is 6.59. The van der Waals surface area contributed by atoms with Crippen molar-refractivity contribution in [3.05, 3.63) is 83.2 Å². The molecule has 0 bridgehead atoms. The van der Waals surface area contributed by atoms with Crippen LogP contribution in [0.1, 0.15) is 16.7 Å². The quantitative estimate of drug-likeness (QED) is 0.638. The van der Waals surface area contributed by atoms with Crippen LogP contribution < -0.4 is 4.31 Å². The Morgan fingerprint density at radius 3 is 2.25 bits per heavy atom. The summed E-state index contributed by atoms with van der Waals surface area (Å²) in [5, 5.41) is 8.90. The lowest BCUT2D eigenvalue weighted by molar-refractivity contribution is 0.594. The molecule has 142 valence electrons. The van der Waals surface area contributed by atoms with Gasteiger partial charge in [-0.3, -0.25) is 4.31 Å². The van der Waals surface area contributed by atoms with Gasteiger partial charge in [-0.15, -0.1) is 0 Å². The van der Waals surface area contributed by atoms with Crippen molar-refractivity contribution in [2.24, 2.45) is 0 Å². The van der Waals surface area contributed by atoms with Crippen LogP contribution in [0.4, 0.5) is 10.1 Å². The van der Waals surface area contributed by atoms with Gasteiger partial charge in [-0.1, -0.05) is 29.8 Å². The van der Waals surface area contributed by atoms with Crippen LogP contribution >= 0.6 is 0 Å². The minimum atomic E-state index is -3.72. The molecule has 0 radical (unpaired) electrons. The molecule has 3 aromatic rings. The fraction of sp³-hybridized carbons (Fsp3) is 0.136. The summed E-state index contributed by atoms with van der Waals surface area (Å²) < 4.78 is 41.1. The molecule has 3 aromatic carbocycles. The summed E-state index contributed by atoms with van der Waals surface area (Å²) >= 11 is 0. The Kier molecular flexibility index (Phi) is 5.21. The summed E-state index contributed by atoms with van der Waals surface area (Å²) in [6, 6.07) is 18.0. The Labute approximate surface area is 164 Å². The number of benzene rings is 3. The molecule has 0 atom stereocenters. The average molecular weight is 394 g/mol. The largest absolute Gasteiger partial charge is 0.269 e. The van der Waals surface area contributed by atoms with Crippen molar-refractivity contribution in [3.8, 4) is 17.2 Å². The zero-order valence-electron chi connectivity index (χ0n) is 15.8. The third-order valence-electron chi connectivity index (χ3n) is 4.66. The van der Waals surface area contributed by atoms with Crippen LogP contribution in [-0.2, 0) is 10.0 Å². The van der Waals surface area contributed by atoms with Crippen LogP contribution in [0.15, 0.2) is 65.6 Å². The molecule has 28 heavy (non-hydrogen) atoms. The molecular weight excluding hydrogens is 375 g/mol. The van der Waals surface area contributed by atoms with E-state index >= 15 is 0 Å². The van der Waals surface area contributed by atoms with Crippen LogP contribution in [0.3, 0.4) is 0 Å². The summed E-state index contributed by atoms with van der Waals surface area (Å²) in [5.41, 5.74) is 3.56. The summed E-state index contributed by atoms with van der Waals surface area (Å²) in [7, 11) is -2.23. The van der Waals surface area contributed by atoms with E-state index in [9.17, 15) is 12.8 Å². The summed E-state index contributed by atoms with van der Waals surface area (Å²) in [4.78, 5) is 0.201. The van der Waals surface area contributed by atoms with Gasteiger partial charge in [0.25, 0.3) is 10.0 Å². The van der Waals surface area contributed by atoms with E-state index in [0.717, 1.165) is 11.1 Å².